The summed E-state index contributed by atoms with van der Waals surface area (Å²) in [6.07, 6.45) is 0. The van der Waals surface area contributed by atoms with Gasteiger partial charge in [0.2, 0.25) is 0 Å². The molecule has 190 valence electrons. The number of pyridine rings is 1. The molecule has 4 aromatic heterocycles. The van der Waals surface area contributed by atoms with Crippen LogP contribution in [0.15, 0.2) is 132 Å². The summed E-state index contributed by atoms with van der Waals surface area (Å²) < 4.78 is 6.62. The van der Waals surface area contributed by atoms with Crippen molar-refractivity contribution in [1.82, 2.24) is 13.4 Å². The molecule has 0 unspecified atom stereocenters. The molecule has 0 fully saturated rings. The Morgan fingerprint density at radius 1 is 0.366 bits per heavy atom. The van der Waals surface area contributed by atoms with E-state index in [4.69, 9.17) is 0 Å². The molecule has 0 spiro atoms. The van der Waals surface area contributed by atoms with Crippen LogP contribution in [0.4, 0.5) is 0 Å². The van der Waals surface area contributed by atoms with Gasteiger partial charge in [0.05, 0.1) is 38.6 Å². The van der Waals surface area contributed by atoms with Crippen LogP contribution in [-0.2, 0) is 0 Å². The summed E-state index contributed by atoms with van der Waals surface area (Å²) in [4.78, 5) is 14.6. The van der Waals surface area contributed by atoms with Gasteiger partial charge in [-0.2, -0.15) is 0 Å². The maximum Gasteiger partial charge on any atom is 0.263 e. The van der Waals surface area contributed by atoms with Gasteiger partial charge in [0, 0.05) is 43.4 Å². The van der Waals surface area contributed by atoms with E-state index in [1.54, 1.807) is 0 Å². The smallest absolute Gasteiger partial charge is 0.263 e. The lowest BCUT2D eigenvalue weighted by molar-refractivity contribution is 1.16. The zero-order chi connectivity index (χ0) is 26.8. The molecular weight excluding hydrogens is 502 g/mol. The van der Waals surface area contributed by atoms with Crippen molar-refractivity contribution in [2.75, 3.05) is 0 Å². The lowest BCUT2D eigenvalue weighted by Crippen LogP contribution is -2.17. The van der Waals surface area contributed by atoms with Crippen LogP contribution in [-0.4, -0.2) is 13.4 Å². The predicted molar refractivity (Wildman–Crippen MR) is 170 cm³/mol. The van der Waals surface area contributed by atoms with E-state index in [9.17, 15) is 4.79 Å². The number of fused-ring (bicyclic) bond motifs is 12. The molecule has 41 heavy (non-hydrogen) atoms. The second kappa shape index (κ2) is 7.32. The molecule has 0 bridgehead atoms. The van der Waals surface area contributed by atoms with E-state index in [0.29, 0.717) is 0 Å². The number of para-hydroxylation sites is 5. The summed E-state index contributed by atoms with van der Waals surface area (Å²) in [7, 11) is 0. The molecule has 0 aliphatic rings. The van der Waals surface area contributed by atoms with E-state index in [1.165, 1.54) is 5.39 Å². The third kappa shape index (κ3) is 2.45. The predicted octanol–water partition coefficient (Wildman–Crippen LogP) is 8.70. The summed E-state index contributed by atoms with van der Waals surface area (Å²) >= 11 is 0. The molecule has 0 N–H and O–H groups in total. The maximum atomic E-state index is 14.6. The van der Waals surface area contributed by atoms with Crippen molar-refractivity contribution in [3.05, 3.63) is 138 Å². The summed E-state index contributed by atoms with van der Waals surface area (Å²) in [5.41, 5.74) is 8.51. The Balaban J connectivity index is 1.56. The summed E-state index contributed by atoms with van der Waals surface area (Å²) in [5.74, 6) is 0. The van der Waals surface area contributed by atoms with Gasteiger partial charge in [0.15, 0.2) is 0 Å². The molecular formula is C37H21N3O. The van der Waals surface area contributed by atoms with Crippen molar-refractivity contribution >= 4 is 76.3 Å². The molecule has 10 rings (SSSR count). The molecule has 0 atom stereocenters. The van der Waals surface area contributed by atoms with E-state index in [-0.39, 0.29) is 5.56 Å². The lowest BCUT2D eigenvalue weighted by atomic mass is 9.98. The molecule has 0 aliphatic carbocycles. The molecule has 6 aromatic carbocycles. The van der Waals surface area contributed by atoms with E-state index in [0.717, 1.165) is 76.6 Å². The topological polar surface area (TPSA) is 30.8 Å². The molecule has 0 saturated carbocycles. The van der Waals surface area contributed by atoms with Crippen LogP contribution in [0.25, 0.3) is 82.0 Å². The third-order valence-corrected chi connectivity index (χ3v) is 8.95. The number of hydrogen-bond acceptors (Lipinski definition) is 1. The van der Waals surface area contributed by atoms with Gasteiger partial charge in [-0.15, -0.1) is 0 Å². The Bertz CT molecular complexity index is 2760. The monoisotopic (exact) mass is 523 g/mol. The highest BCUT2D eigenvalue weighted by Crippen LogP contribution is 2.43. The average molecular weight is 524 g/mol. The van der Waals surface area contributed by atoms with Crippen LogP contribution in [0.3, 0.4) is 0 Å². The van der Waals surface area contributed by atoms with Crippen LogP contribution >= 0.6 is 0 Å². The molecule has 0 saturated heterocycles. The Hall–Kier alpha value is -5.61. The minimum absolute atomic E-state index is 0.0161. The highest BCUT2D eigenvalue weighted by molar-refractivity contribution is 6.31. The minimum Gasteiger partial charge on any atom is -0.309 e. The van der Waals surface area contributed by atoms with Crippen LogP contribution in [0.5, 0.6) is 0 Å². The Morgan fingerprint density at radius 3 is 1.76 bits per heavy atom. The maximum absolute atomic E-state index is 14.6. The van der Waals surface area contributed by atoms with Crippen molar-refractivity contribution in [3.63, 3.8) is 0 Å². The lowest BCUT2D eigenvalue weighted by Gasteiger charge is -2.16. The van der Waals surface area contributed by atoms with Gasteiger partial charge in [-0.3, -0.25) is 9.20 Å². The first-order valence-corrected chi connectivity index (χ1v) is 13.9. The molecule has 4 nitrogen and oxygen atoms in total. The molecule has 10 aromatic rings. The van der Waals surface area contributed by atoms with Gasteiger partial charge in [0.1, 0.15) is 0 Å². The van der Waals surface area contributed by atoms with Gasteiger partial charge < -0.3 is 8.97 Å². The number of hydrogen-bond donors (Lipinski definition) is 0. The minimum atomic E-state index is 0.0161. The number of benzene rings is 6. The fraction of sp³-hybridized carbons (Fsp3) is 0. The van der Waals surface area contributed by atoms with Crippen molar-refractivity contribution < 1.29 is 0 Å². The fourth-order valence-corrected chi connectivity index (χ4v) is 7.39. The van der Waals surface area contributed by atoms with Gasteiger partial charge in [-0.1, -0.05) is 78.9 Å². The largest absolute Gasteiger partial charge is 0.309 e. The van der Waals surface area contributed by atoms with Crippen molar-refractivity contribution in [1.29, 1.82) is 0 Å². The summed E-state index contributed by atoms with van der Waals surface area (Å²) in [6.45, 7) is 0. The van der Waals surface area contributed by atoms with Gasteiger partial charge in [-0.25, -0.2) is 0 Å². The molecule has 4 heterocycles. The Kier molecular flexibility index (Phi) is 3.79. The van der Waals surface area contributed by atoms with Crippen LogP contribution < -0.4 is 5.56 Å². The molecule has 0 amide bonds. The first kappa shape index (κ1) is 21.2. The number of aromatic nitrogens is 3. The van der Waals surface area contributed by atoms with Crippen molar-refractivity contribution in [3.8, 4) is 5.69 Å². The standard InChI is InChI=1S/C37H21N3O/c41-37-27-20-21-32-34(25-13-5-7-15-29(25)38(32)22-10-2-1-3-11-22)33(27)26-19-18-24-23-12-4-6-14-28(23)39-30-16-8-9-17-31(30)40(37)36(26)35(24)39/h1-21H. The SMILES string of the molecule is O=c1c2ccc3c(c4ccccc4n3-c3ccccc3)c2c2ccc3c4ccccc4n4c5ccccc5n1c2c34. The van der Waals surface area contributed by atoms with Gasteiger partial charge >= 0.3 is 0 Å². The van der Waals surface area contributed by atoms with E-state index < -0.39 is 0 Å². The molecule has 0 aliphatic heterocycles. The normalized spacial score (nSPS) is 12.5. The first-order valence-electron chi connectivity index (χ1n) is 13.9. The van der Waals surface area contributed by atoms with Crippen molar-refractivity contribution in [2.24, 2.45) is 0 Å². The molecule has 4 heteroatoms. The zero-order valence-corrected chi connectivity index (χ0v) is 21.9. The van der Waals surface area contributed by atoms with Crippen LogP contribution in [0.1, 0.15) is 0 Å². The fourth-order valence-electron chi connectivity index (χ4n) is 7.39. The van der Waals surface area contributed by atoms with E-state index >= 15 is 0 Å². The Morgan fingerprint density at radius 2 is 0.951 bits per heavy atom. The van der Waals surface area contributed by atoms with E-state index in [1.807, 2.05) is 22.6 Å². The summed E-state index contributed by atoms with van der Waals surface area (Å²) in [6, 6.07) is 44.5. The quantitative estimate of drug-likeness (QED) is 0.156. The highest BCUT2D eigenvalue weighted by Gasteiger charge is 2.23. The van der Waals surface area contributed by atoms with Gasteiger partial charge in [0.25, 0.3) is 5.56 Å². The molecule has 0 radical (unpaired) electrons. The third-order valence-electron chi connectivity index (χ3n) is 8.95. The number of nitrogens with zero attached hydrogens (tertiary/aromatic N) is 3. The number of rotatable bonds is 1. The second-order valence-electron chi connectivity index (χ2n) is 10.9. The second-order valence-corrected chi connectivity index (χ2v) is 10.9. The van der Waals surface area contributed by atoms with Gasteiger partial charge in [-0.05, 0) is 48.5 Å². The first-order chi connectivity index (χ1) is 20.3. The van der Waals surface area contributed by atoms with E-state index in [2.05, 4.69) is 118 Å². The van der Waals surface area contributed by atoms with Crippen LogP contribution in [0.2, 0.25) is 0 Å². The zero-order valence-electron chi connectivity index (χ0n) is 21.9. The van der Waals surface area contributed by atoms with Crippen LogP contribution in [0, 0.1) is 0 Å². The average Bonchev–Trinajstić information content (AvgIpc) is 3.55. The van der Waals surface area contributed by atoms with Crippen molar-refractivity contribution in [2.45, 2.75) is 0 Å². The summed E-state index contributed by atoms with van der Waals surface area (Å²) in [5, 5.41) is 7.46. The highest BCUT2D eigenvalue weighted by atomic mass is 16.1. The Labute approximate surface area is 232 Å².